The summed E-state index contributed by atoms with van der Waals surface area (Å²) < 4.78 is 0. The van der Waals surface area contributed by atoms with E-state index in [0.717, 1.165) is 5.69 Å². The lowest BCUT2D eigenvalue weighted by atomic mass is 10.2. The Bertz CT molecular complexity index is 920. The molecule has 3 rings (SSSR count). The van der Waals surface area contributed by atoms with Gasteiger partial charge in [-0.1, -0.05) is 0 Å². The molecule has 152 valence electrons. The lowest BCUT2D eigenvalue weighted by Crippen LogP contribution is -2.50. The maximum atomic E-state index is 12.8. The highest BCUT2D eigenvalue weighted by atomic mass is 16.2. The van der Waals surface area contributed by atoms with Gasteiger partial charge in [0.05, 0.1) is 0 Å². The summed E-state index contributed by atoms with van der Waals surface area (Å²) in [5, 5.41) is 5.87. The van der Waals surface area contributed by atoms with Crippen molar-refractivity contribution >= 4 is 34.9 Å². The van der Waals surface area contributed by atoms with Gasteiger partial charge in [0, 0.05) is 57.5 Å². The molecule has 0 radical (unpaired) electrons. The summed E-state index contributed by atoms with van der Waals surface area (Å²) in [5.41, 5.74) is 1.78. The molecule has 0 atom stereocenters. The highest BCUT2D eigenvalue weighted by Gasteiger charge is 2.24. The molecule has 1 fully saturated rings. The zero-order valence-electron chi connectivity index (χ0n) is 16.7. The largest absolute Gasteiger partial charge is 0.340 e. The van der Waals surface area contributed by atoms with Crippen LogP contribution in [0.5, 0.6) is 0 Å². The van der Waals surface area contributed by atoms with Crippen LogP contribution < -0.4 is 10.6 Å². The van der Waals surface area contributed by atoms with Crippen LogP contribution in [0, 0.1) is 6.92 Å². The molecule has 2 aromatic rings. The van der Waals surface area contributed by atoms with Crippen LogP contribution in [0.15, 0.2) is 30.3 Å². The summed E-state index contributed by atoms with van der Waals surface area (Å²) in [4.78, 5) is 47.5. The molecule has 1 aromatic carbocycles. The number of carbonyl (C=O) groups excluding carboxylic acids is 3. The van der Waals surface area contributed by atoms with Crippen LogP contribution in [0.2, 0.25) is 0 Å². The Balaban J connectivity index is 1.70. The number of aromatic nitrogens is 2. The molecule has 1 aliphatic rings. The van der Waals surface area contributed by atoms with E-state index in [1.807, 2.05) is 12.1 Å². The number of hydrogen-bond donors (Lipinski definition) is 2. The Morgan fingerprint density at radius 1 is 0.897 bits per heavy atom. The highest BCUT2D eigenvalue weighted by molar-refractivity contribution is 5.93. The lowest BCUT2D eigenvalue weighted by molar-refractivity contribution is -0.130. The minimum absolute atomic E-state index is 0.0194. The smallest absolute Gasteiger partial charge is 0.272 e. The number of piperazine rings is 1. The standard InChI is InChI=1S/C20H24N6O3/c1-13-21-18(20(29)26-10-8-25(9-11-26)15(3)28)12-19(22-13)24-17-6-4-16(5-7-17)23-14(2)27/h4-7,12H,8-11H2,1-3H3,(H,23,27)(H,21,22,24). The number of anilines is 3. The van der Waals surface area contributed by atoms with Gasteiger partial charge in [0.2, 0.25) is 11.8 Å². The molecule has 0 saturated carbocycles. The summed E-state index contributed by atoms with van der Waals surface area (Å²) in [7, 11) is 0. The van der Waals surface area contributed by atoms with Gasteiger partial charge in [0.15, 0.2) is 0 Å². The predicted octanol–water partition coefficient (Wildman–Crippen LogP) is 1.79. The third-order valence-corrected chi connectivity index (χ3v) is 4.55. The second-order valence-corrected chi connectivity index (χ2v) is 6.87. The summed E-state index contributed by atoms with van der Waals surface area (Å²) in [6, 6.07) is 8.79. The highest BCUT2D eigenvalue weighted by Crippen LogP contribution is 2.19. The van der Waals surface area contributed by atoms with Crippen molar-refractivity contribution in [2.45, 2.75) is 20.8 Å². The van der Waals surface area contributed by atoms with Gasteiger partial charge in [0.25, 0.3) is 5.91 Å². The monoisotopic (exact) mass is 396 g/mol. The second-order valence-electron chi connectivity index (χ2n) is 6.87. The first-order valence-electron chi connectivity index (χ1n) is 9.37. The van der Waals surface area contributed by atoms with E-state index in [9.17, 15) is 14.4 Å². The number of nitrogens with zero attached hydrogens (tertiary/aromatic N) is 4. The van der Waals surface area contributed by atoms with Crippen molar-refractivity contribution in [3.8, 4) is 0 Å². The normalized spacial score (nSPS) is 13.8. The molecule has 1 aromatic heterocycles. The van der Waals surface area contributed by atoms with E-state index in [1.165, 1.54) is 13.8 Å². The molecule has 9 nitrogen and oxygen atoms in total. The van der Waals surface area contributed by atoms with Crippen molar-refractivity contribution in [3.63, 3.8) is 0 Å². The average molecular weight is 396 g/mol. The van der Waals surface area contributed by atoms with E-state index in [-0.39, 0.29) is 17.7 Å². The number of nitrogens with one attached hydrogen (secondary N) is 2. The predicted molar refractivity (Wildman–Crippen MR) is 109 cm³/mol. The molecule has 1 aliphatic heterocycles. The SMILES string of the molecule is CC(=O)Nc1ccc(Nc2cc(C(=O)N3CCN(C(C)=O)CC3)nc(C)n2)cc1. The van der Waals surface area contributed by atoms with Crippen molar-refractivity contribution in [3.05, 3.63) is 41.9 Å². The molecule has 9 heteroatoms. The van der Waals surface area contributed by atoms with Crippen LogP contribution >= 0.6 is 0 Å². The molecule has 1 saturated heterocycles. The molecule has 3 amide bonds. The van der Waals surface area contributed by atoms with Crippen LogP contribution in [0.1, 0.15) is 30.2 Å². The first kappa shape index (κ1) is 20.2. The second kappa shape index (κ2) is 8.68. The van der Waals surface area contributed by atoms with E-state index >= 15 is 0 Å². The van der Waals surface area contributed by atoms with Crippen molar-refractivity contribution in [2.75, 3.05) is 36.8 Å². The lowest BCUT2D eigenvalue weighted by Gasteiger charge is -2.34. The Morgan fingerprint density at radius 2 is 1.48 bits per heavy atom. The maximum Gasteiger partial charge on any atom is 0.272 e. The Morgan fingerprint density at radius 3 is 2.07 bits per heavy atom. The number of amides is 3. The van der Waals surface area contributed by atoms with Crippen LogP contribution in [0.25, 0.3) is 0 Å². The molecule has 0 bridgehead atoms. The Hall–Kier alpha value is -3.49. The Labute approximate surface area is 169 Å². The summed E-state index contributed by atoms with van der Waals surface area (Å²) in [6.45, 7) is 6.73. The van der Waals surface area contributed by atoms with Gasteiger partial charge < -0.3 is 20.4 Å². The van der Waals surface area contributed by atoms with Crippen molar-refractivity contribution in [1.29, 1.82) is 0 Å². The fraction of sp³-hybridized carbons (Fsp3) is 0.350. The summed E-state index contributed by atoms with van der Waals surface area (Å²) in [6.07, 6.45) is 0. The van der Waals surface area contributed by atoms with E-state index in [4.69, 9.17) is 0 Å². The minimum atomic E-state index is -0.178. The summed E-state index contributed by atoms with van der Waals surface area (Å²) in [5.74, 6) is 0.698. The van der Waals surface area contributed by atoms with Gasteiger partial charge in [-0.3, -0.25) is 14.4 Å². The van der Waals surface area contributed by atoms with Gasteiger partial charge >= 0.3 is 0 Å². The van der Waals surface area contributed by atoms with Crippen LogP contribution in [-0.2, 0) is 9.59 Å². The van der Waals surface area contributed by atoms with Crippen molar-refractivity contribution in [2.24, 2.45) is 0 Å². The quantitative estimate of drug-likeness (QED) is 0.816. The number of rotatable bonds is 4. The number of aryl methyl sites for hydroxylation is 1. The fourth-order valence-electron chi connectivity index (χ4n) is 3.12. The number of carbonyl (C=O) groups is 3. The molecule has 0 unspecified atom stereocenters. The van der Waals surface area contributed by atoms with Gasteiger partial charge in [-0.2, -0.15) is 0 Å². The van der Waals surface area contributed by atoms with Crippen molar-refractivity contribution < 1.29 is 14.4 Å². The Kier molecular flexibility index (Phi) is 6.06. The zero-order chi connectivity index (χ0) is 21.0. The molecule has 29 heavy (non-hydrogen) atoms. The fourth-order valence-corrected chi connectivity index (χ4v) is 3.12. The topological polar surface area (TPSA) is 108 Å². The first-order valence-corrected chi connectivity index (χ1v) is 9.37. The van der Waals surface area contributed by atoms with Crippen LogP contribution in [0.3, 0.4) is 0 Å². The summed E-state index contributed by atoms with van der Waals surface area (Å²) >= 11 is 0. The molecule has 0 spiro atoms. The average Bonchev–Trinajstić information content (AvgIpc) is 2.68. The number of hydrogen-bond acceptors (Lipinski definition) is 6. The van der Waals surface area contributed by atoms with Gasteiger partial charge in [-0.05, 0) is 31.2 Å². The third kappa shape index (κ3) is 5.28. The zero-order valence-corrected chi connectivity index (χ0v) is 16.7. The molecular weight excluding hydrogens is 372 g/mol. The van der Waals surface area contributed by atoms with Gasteiger partial charge in [-0.15, -0.1) is 0 Å². The van der Waals surface area contributed by atoms with E-state index < -0.39 is 0 Å². The third-order valence-electron chi connectivity index (χ3n) is 4.55. The minimum Gasteiger partial charge on any atom is -0.340 e. The molecule has 2 N–H and O–H groups in total. The molecular formula is C20H24N6O3. The van der Waals surface area contributed by atoms with E-state index in [1.54, 1.807) is 34.9 Å². The molecule has 2 heterocycles. The van der Waals surface area contributed by atoms with Crippen LogP contribution in [0.4, 0.5) is 17.2 Å². The van der Waals surface area contributed by atoms with Gasteiger partial charge in [0.1, 0.15) is 17.3 Å². The number of benzene rings is 1. The molecule has 0 aliphatic carbocycles. The maximum absolute atomic E-state index is 12.8. The van der Waals surface area contributed by atoms with Gasteiger partial charge in [-0.25, -0.2) is 9.97 Å². The first-order chi connectivity index (χ1) is 13.8. The van der Waals surface area contributed by atoms with Crippen LogP contribution in [-0.4, -0.2) is 63.7 Å². The van der Waals surface area contributed by atoms with E-state index in [2.05, 4.69) is 20.6 Å². The van der Waals surface area contributed by atoms with E-state index in [0.29, 0.717) is 49.2 Å². The van der Waals surface area contributed by atoms with Crippen molar-refractivity contribution in [1.82, 2.24) is 19.8 Å².